The number of anilines is 1. The zero-order valence-corrected chi connectivity index (χ0v) is 12.3. The van der Waals surface area contributed by atoms with E-state index in [9.17, 15) is 0 Å². The van der Waals surface area contributed by atoms with Crippen molar-refractivity contribution < 1.29 is 0 Å². The first-order valence-corrected chi connectivity index (χ1v) is 6.94. The molecule has 0 aliphatic rings. The van der Waals surface area contributed by atoms with Crippen molar-refractivity contribution in [3.8, 4) is 0 Å². The van der Waals surface area contributed by atoms with Crippen molar-refractivity contribution in [3.05, 3.63) is 28.5 Å². The Bertz CT molecular complexity index is 556. The van der Waals surface area contributed by atoms with Gasteiger partial charge in [-0.05, 0) is 24.8 Å². The monoisotopic (exact) mass is 302 g/mol. The van der Waals surface area contributed by atoms with Crippen LogP contribution in [0.15, 0.2) is 28.6 Å². The van der Waals surface area contributed by atoms with Gasteiger partial charge in [0.05, 0.1) is 10.0 Å². The molecule has 2 rings (SSSR count). The normalized spacial score (nSPS) is 10.7. The Morgan fingerprint density at radius 3 is 2.78 bits per heavy atom. The third-order valence-corrected chi connectivity index (χ3v) is 3.98. The smallest absolute Gasteiger partial charge is 0.174 e. The molecule has 0 aliphatic heterocycles. The van der Waals surface area contributed by atoms with Crippen LogP contribution in [-0.2, 0) is 7.05 Å². The van der Waals surface area contributed by atoms with Gasteiger partial charge in [0.1, 0.15) is 10.8 Å². The maximum absolute atomic E-state index is 6.14. The highest BCUT2D eigenvalue weighted by Crippen LogP contribution is 2.34. The first kappa shape index (κ1) is 13.5. The molecule has 2 heterocycles. The SMILES string of the molecule is CCNc1nc(Sc2nccn2C)c(Cl)cc1Cl. The Morgan fingerprint density at radius 1 is 1.39 bits per heavy atom. The molecular formula is C11H12Cl2N4S. The Hall–Kier alpha value is -0.910. The van der Waals surface area contributed by atoms with E-state index in [0.29, 0.717) is 20.9 Å². The topological polar surface area (TPSA) is 42.7 Å². The van der Waals surface area contributed by atoms with Gasteiger partial charge >= 0.3 is 0 Å². The van der Waals surface area contributed by atoms with Crippen molar-refractivity contribution >= 4 is 40.8 Å². The summed E-state index contributed by atoms with van der Waals surface area (Å²) in [6.45, 7) is 2.74. The third kappa shape index (κ3) is 2.91. The minimum absolute atomic E-state index is 0.519. The van der Waals surface area contributed by atoms with Gasteiger partial charge in [0.25, 0.3) is 0 Å². The van der Waals surface area contributed by atoms with Gasteiger partial charge in [0.2, 0.25) is 0 Å². The van der Waals surface area contributed by atoms with Crippen molar-refractivity contribution in [2.24, 2.45) is 7.05 Å². The van der Waals surface area contributed by atoms with E-state index in [1.807, 2.05) is 24.7 Å². The number of hydrogen-bond acceptors (Lipinski definition) is 4. The van der Waals surface area contributed by atoms with E-state index in [1.165, 1.54) is 11.8 Å². The Kier molecular flexibility index (Phi) is 4.37. The summed E-state index contributed by atoms with van der Waals surface area (Å²) in [5, 5.41) is 5.65. The van der Waals surface area contributed by atoms with E-state index < -0.39 is 0 Å². The van der Waals surface area contributed by atoms with Crippen LogP contribution in [0.1, 0.15) is 6.92 Å². The molecule has 0 bridgehead atoms. The second-order valence-corrected chi connectivity index (χ2v) is 5.33. The minimum Gasteiger partial charge on any atom is -0.369 e. The highest BCUT2D eigenvalue weighted by Gasteiger charge is 2.12. The number of rotatable bonds is 4. The molecule has 2 aromatic heterocycles. The Labute approximate surface area is 120 Å². The van der Waals surface area contributed by atoms with Gasteiger partial charge in [-0.15, -0.1) is 0 Å². The minimum atomic E-state index is 0.519. The van der Waals surface area contributed by atoms with Crippen molar-refractivity contribution in [1.82, 2.24) is 14.5 Å². The molecule has 0 radical (unpaired) electrons. The van der Waals surface area contributed by atoms with E-state index in [-0.39, 0.29) is 0 Å². The van der Waals surface area contributed by atoms with E-state index in [4.69, 9.17) is 23.2 Å². The Balaban J connectivity index is 2.32. The molecule has 18 heavy (non-hydrogen) atoms. The van der Waals surface area contributed by atoms with Gasteiger partial charge < -0.3 is 9.88 Å². The van der Waals surface area contributed by atoms with E-state index in [0.717, 1.165) is 11.7 Å². The van der Waals surface area contributed by atoms with Gasteiger partial charge in [-0.25, -0.2) is 9.97 Å². The molecule has 7 heteroatoms. The van der Waals surface area contributed by atoms with Crippen molar-refractivity contribution in [3.63, 3.8) is 0 Å². The summed E-state index contributed by atoms with van der Waals surface area (Å²) in [4.78, 5) is 8.64. The number of aromatic nitrogens is 3. The lowest BCUT2D eigenvalue weighted by atomic mass is 10.4. The van der Waals surface area contributed by atoms with Crippen LogP contribution in [0.3, 0.4) is 0 Å². The van der Waals surface area contributed by atoms with Gasteiger partial charge in [0.15, 0.2) is 5.16 Å². The fourth-order valence-electron chi connectivity index (χ4n) is 1.35. The average Bonchev–Trinajstić information content (AvgIpc) is 2.71. The summed E-state index contributed by atoms with van der Waals surface area (Å²) in [5.74, 6) is 0.639. The first-order valence-electron chi connectivity index (χ1n) is 5.37. The molecule has 0 atom stereocenters. The summed E-state index contributed by atoms with van der Waals surface area (Å²) in [6, 6.07) is 1.69. The third-order valence-electron chi connectivity index (χ3n) is 2.21. The number of nitrogens with one attached hydrogen (secondary N) is 1. The van der Waals surface area contributed by atoms with Gasteiger partial charge in [0, 0.05) is 26.0 Å². The number of hydrogen-bond donors (Lipinski definition) is 1. The molecule has 0 unspecified atom stereocenters. The molecule has 0 fully saturated rings. The molecule has 0 aromatic carbocycles. The van der Waals surface area contributed by atoms with Crippen LogP contribution in [0.2, 0.25) is 10.0 Å². The average molecular weight is 303 g/mol. The summed E-state index contributed by atoms with van der Waals surface area (Å²) in [6.07, 6.45) is 3.61. The predicted molar refractivity (Wildman–Crippen MR) is 75.8 cm³/mol. The molecule has 2 aromatic rings. The second-order valence-electron chi connectivity index (χ2n) is 3.56. The van der Waals surface area contributed by atoms with Crippen molar-refractivity contribution in [2.45, 2.75) is 17.1 Å². The second kappa shape index (κ2) is 5.82. The van der Waals surface area contributed by atoms with Crippen LogP contribution < -0.4 is 5.32 Å². The maximum atomic E-state index is 6.14. The van der Waals surface area contributed by atoms with Gasteiger partial charge in [-0.1, -0.05) is 23.2 Å². The summed E-state index contributed by atoms with van der Waals surface area (Å²) < 4.78 is 1.91. The van der Waals surface area contributed by atoms with E-state index in [1.54, 1.807) is 12.3 Å². The van der Waals surface area contributed by atoms with Gasteiger partial charge in [-0.3, -0.25) is 0 Å². The predicted octanol–water partition coefficient (Wildman–Crippen LogP) is 3.70. The zero-order chi connectivity index (χ0) is 13.1. The molecule has 4 nitrogen and oxygen atoms in total. The van der Waals surface area contributed by atoms with E-state index >= 15 is 0 Å². The van der Waals surface area contributed by atoms with Crippen LogP contribution in [-0.4, -0.2) is 21.1 Å². The number of aryl methyl sites for hydroxylation is 1. The molecular weight excluding hydrogens is 291 g/mol. The zero-order valence-electron chi connectivity index (χ0n) is 9.94. The summed E-state index contributed by atoms with van der Waals surface area (Å²) in [7, 11) is 1.92. The number of halogens is 2. The molecule has 0 spiro atoms. The summed E-state index contributed by atoms with van der Waals surface area (Å²) in [5.41, 5.74) is 0. The number of imidazole rings is 1. The Morgan fingerprint density at radius 2 is 2.17 bits per heavy atom. The van der Waals surface area contributed by atoms with Crippen molar-refractivity contribution in [2.75, 3.05) is 11.9 Å². The summed E-state index contributed by atoms with van der Waals surface area (Å²) >= 11 is 13.6. The first-order chi connectivity index (χ1) is 8.61. The molecule has 0 amide bonds. The quantitative estimate of drug-likeness (QED) is 0.935. The highest BCUT2D eigenvalue weighted by atomic mass is 35.5. The fraction of sp³-hybridized carbons (Fsp3) is 0.273. The van der Waals surface area contributed by atoms with Crippen LogP contribution in [0.4, 0.5) is 5.82 Å². The standard InChI is InChI=1S/C11H12Cl2N4S/c1-3-14-9-7(12)6-8(13)10(16-9)18-11-15-4-5-17(11)2/h4-6H,3H2,1-2H3,(H,14,16). The van der Waals surface area contributed by atoms with Crippen LogP contribution in [0.5, 0.6) is 0 Å². The lowest BCUT2D eigenvalue weighted by molar-refractivity contribution is 0.788. The molecule has 0 saturated heterocycles. The van der Waals surface area contributed by atoms with Gasteiger partial charge in [-0.2, -0.15) is 0 Å². The molecule has 96 valence electrons. The maximum Gasteiger partial charge on any atom is 0.174 e. The molecule has 1 N–H and O–H groups in total. The number of nitrogens with zero attached hydrogens (tertiary/aromatic N) is 3. The van der Waals surface area contributed by atoms with E-state index in [2.05, 4.69) is 15.3 Å². The van der Waals surface area contributed by atoms with Crippen LogP contribution in [0, 0.1) is 0 Å². The van der Waals surface area contributed by atoms with Crippen molar-refractivity contribution in [1.29, 1.82) is 0 Å². The number of pyridine rings is 1. The lowest BCUT2D eigenvalue weighted by Crippen LogP contribution is -2.01. The molecule has 0 aliphatic carbocycles. The lowest BCUT2D eigenvalue weighted by Gasteiger charge is -2.09. The molecule has 0 saturated carbocycles. The fourth-order valence-corrected chi connectivity index (χ4v) is 2.68. The van der Waals surface area contributed by atoms with Crippen LogP contribution in [0.25, 0.3) is 0 Å². The largest absolute Gasteiger partial charge is 0.369 e. The van der Waals surface area contributed by atoms with Crippen LogP contribution >= 0.6 is 35.0 Å². The highest BCUT2D eigenvalue weighted by molar-refractivity contribution is 7.99.